The third-order valence-electron chi connectivity index (χ3n) is 4.94. The molecule has 0 aliphatic carbocycles. The third-order valence-corrected chi connectivity index (χ3v) is 4.94. The highest BCUT2D eigenvalue weighted by Crippen LogP contribution is 2.35. The van der Waals surface area contributed by atoms with Crippen molar-refractivity contribution in [3.8, 4) is 17.0 Å². The Bertz CT molecular complexity index is 913. The van der Waals surface area contributed by atoms with E-state index in [1.165, 1.54) is 11.6 Å². The zero-order chi connectivity index (χ0) is 20.5. The van der Waals surface area contributed by atoms with Crippen LogP contribution < -0.4 is 10.9 Å². The Labute approximate surface area is 159 Å². The number of phenols is 1. The van der Waals surface area contributed by atoms with Crippen LogP contribution in [-0.4, -0.2) is 50.4 Å². The molecule has 0 saturated carbocycles. The van der Waals surface area contributed by atoms with Crippen LogP contribution in [-0.2, 0) is 13.2 Å². The molecule has 28 heavy (non-hydrogen) atoms. The predicted octanol–water partition coefficient (Wildman–Crippen LogP) is 2.46. The third kappa shape index (κ3) is 4.11. The molecule has 1 aromatic heterocycles. The highest BCUT2D eigenvalue weighted by molar-refractivity contribution is 5.66. The molecule has 1 atom stereocenters. The number of anilines is 1. The van der Waals surface area contributed by atoms with E-state index in [-0.39, 0.29) is 23.2 Å². The molecule has 2 N–H and O–H groups in total. The number of nitrogens with one attached hydrogen (secondary N) is 1. The van der Waals surface area contributed by atoms with Crippen LogP contribution >= 0.6 is 0 Å². The van der Waals surface area contributed by atoms with Crippen LogP contribution in [0.5, 0.6) is 5.75 Å². The van der Waals surface area contributed by atoms with Gasteiger partial charge in [-0.2, -0.15) is 13.2 Å². The molecule has 1 aliphatic rings. The van der Waals surface area contributed by atoms with E-state index in [1.54, 1.807) is 0 Å². The van der Waals surface area contributed by atoms with Gasteiger partial charge in [0, 0.05) is 25.2 Å². The van der Waals surface area contributed by atoms with Crippen LogP contribution in [0.1, 0.15) is 25.3 Å². The summed E-state index contributed by atoms with van der Waals surface area (Å²) in [4.78, 5) is 15.0. The van der Waals surface area contributed by atoms with Crippen LogP contribution in [0, 0.1) is 0 Å². The molecular formula is C18H22F3N5O2. The van der Waals surface area contributed by atoms with E-state index in [1.807, 2.05) is 0 Å². The Morgan fingerprint density at radius 2 is 2.07 bits per heavy atom. The van der Waals surface area contributed by atoms with Gasteiger partial charge in [-0.3, -0.25) is 9.36 Å². The number of benzene rings is 1. The van der Waals surface area contributed by atoms with E-state index < -0.39 is 23.0 Å². The molecule has 7 nitrogen and oxygen atoms in total. The van der Waals surface area contributed by atoms with Crippen molar-refractivity contribution in [3.63, 3.8) is 0 Å². The first-order chi connectivity index (χ1) is 13.2. The zero-order valence-electron chi connectivity index (χ0n) is 15.6. The molecule has 1 aliphatic heterocycles. The van der Waals surface area contributed by atoms with Crippen LogP contribution in [0.4, 0.5) is 19.1 Å². The molecule has 1 aromatic carbocycles. The number of halogens is 3. The van der Waals surface area contributed by atoms with Crippen molar-refractivity contribution in [3.05, 3.63) is 34.1 Å². The van der Waals surface area contributed by atoms with E-state index in [0.717, 1.165) is 44.6 Å². The number of phenolic OH excluding ortho intramolecular Hbond substituents is 1. The molecule has 0 spiro atoms. The number of likely N-dealkylation sites (N-methyl/N-ethyl adjacent to an activating group) is 1. The van der Waals surface area contributed by atoms with Gasteiger partial charge in [0.15, 0.2) is 5.69 Å². The maximum absolute atomic E-state index is 12.8. The van der Waals surface area contributed by atoms with Gasteiger partial charge in [-0.1, -0.05) is 6.92 Å². The van der Waals surface area contributed by atoms with Gasteiger partial charge < -0.3 is 15.3 Å². The SMILES string of the molecule is CCN1CCCC(Nc2nnc(-c3ccc(C(F)(F)F)cc3O)c(=O)n2C)C1. The minimum absolute atomic E-state index is 0.0949. The first-order valence-corrected chi connectivity index (χ1v) is 9.04. The number of alkyl halides is 3. The van der Waals surface area contributed by atoms with E-state index in [0.29, 0.717) is 6.07 Å². The number of hydrogen-bond acceptors (Lipinski definition) is 6. The fourth-order valence-corrected chi connectivity index (χ4v) is 3.31. The Kier molecular flexibility index (Phi) is 5.59. The van der Waals surface area contributed by atoms with Gasteiger partial charge in [-0.05, 0) is 44.1 Å². The molecule has 1 saturated heterocycles. The zero-order valence-corrected chi connectivity index (χ0v) is 15.6. The lowest BCUT2D eigenvalue weighted by molar-refractivity contribution is -0.137. The standard InChI is InChI=1S/C18H22F3N5O2/c1-3-26-8-4-5-12(10-26)22-17-24-23-15(16(28)25(17)2)13-7-6-11(9-14(13)27)18(19,20)21/h6-7,9,12,27H,3-5,8,10H2,1-2H3,(H,22,24). The highest BCUT2D eigenvalue weighted by Gasteiger charge is 2.31. The second-order valence-electron chi connectivity index (χ2n) is 6.84. The topological polar surface area (TPSA) is 83.3 Å². The molecule has 2 heterocycles. The number of aromatic nitrogens is 3. The smallest absolute Gasteiger partial charge is 0.416 e. The molecule has 1 fully saturated rings. The van der Waals surface area contributed by atoms with Gasteiger partial charge in [-0.25, -0.2) is 0 Å². The minimum atomic E-state index is -4.59. The van der Waals surface area contributed by atoms with Crippen LogP contribution in [0.3, 0.4) is 0 Å². The lowest BCUT2D eigenvalue weighted by Crippen LogP contribution is -2.43. The van der Waals surface area contributed by atoms with Crippen molar-refractivity contribution in [1.82, 2.24) is 19.7 Å². The minimum Gasteiger partial charge on any atom is -0.507 e. The molecule has 0 amide bonds. The maximum atomic E-state index is 12.8. The van der Waals surface area contributed by atoms with Gasteiger partial charge in [0.25, 0.3) is 5.56 Å². The summed E-state index contributed by atoms with van der Waals surface area (Å²) in [6.07, 6.45) is -2.62. The average molecular weight is 397 g/mol. The summed E-state index contributed by atoms with van der Waals surface area (Å²) >= 11 is 0. The molecule has 3 rings (SSSR count). The van der Waals surface area contributed by atoms with Crippen molar-refractivity contribution in [2.24, 2.45) is 7.05 Å². The fourth-order valence-electron chi connectivity index (χ4n) is 3.31. The van der Waals surface area contributed by atoms with E-state index in [9.17, 15) is 23.1 Å². The average Bonchev–Trinajstić information content (AvgIpc) is 2.65. The van der Waals surface area contributed by atoms with E-state index in [4.69, 9.17) is 0 Å². The van der Waals surface area contributed by atoms with Gasteiger partial charge in [0.1, 0.15) is 5.75 Å². The van der Waals surface area contributed by atoms with Crippen molar-refractivity contribution in [1.29, 1.82) is 0 Å². The molecule has 0 radical (unpaired) electrons. The largest absolute Gasteiger partial charge is 0.507 e. The summed E-state index contributed by atoms with van der Waals surface area (Å²) in [6, 6.07) is 2.52. The Balaban J connectivity index is 1.87. The first-order valence-electron chi connectivity index (χ1n) is 9.04. The fraction of sp³-hybridized carbons (Fsp3) is 0.500. The van der Waals surface area contributed by atoms with Gasteiger partial charge in [0.2, 0.25) is 5.95 Å². The lowest BCUT2D eigenvalue weighted by Gasteiger charge is -2.32. The lowest BCUT2D eigenvalue weighted by atomic mass is 10.1. The molecule has 2 aromatic rings. The monoisotopic (exact) mass is 397 g/mol. The Morgan fingerprint density at radius 3 is 2.71 bits per heavy atom. The van der Waals surface area contributed by atoms with Gasteiger partial charge in [0.05, 0.1) is 5.56 Å². The molecule has 152 valence electrons. The molecule has 10 heteroatoms. The van der Waals surface area contributed by atoms with Crippen molar-refractivity contribution < 1.29 is 18.3 Å². The van der Waals surface area contributed by atoms with Crippen molar-refractivity contribution in [2.75, 3.05) is 25.0 Å². The quantitative estimate of drug-likeness (QED) is 0.825. The van der Waals surface area contributed by atoms with Crippen LogP contribution in [0.15, 0.2) is 23.0 Å². The van der Waals surface area contributed by atoms with Gasteiger partial charge >= 0.3 is 6.18 Å². The number of aromatic hydroxyl groups is 1. The summed E-state index contributed by atoms with van der Waals surface area (Å²) in [5.41, 5.74) is -1.87. The number of likely N-dealkylation sites (tertiary alicyclic amines) is 1. The predicted molar refractivity (Wildman–Crippen MR) is 98.1 cm³/mol. The second kappa shape index (κ2) is 7.78. The van der Waals surface area contributed by atoms with Crippen molar-refractivity contribution >= 4 is 5.95 Å². The highest BCUT2D eigenvalue weighted by atomic mass is 19.4. The van der Waals surface area contributed by atoms with Crippen LogP contribution in [0.25, 0.3) is 11.3 Å². The Hall–Kier alpha value is -2.62. The summed E-state index contributed by atoms with van der Waals surface area (Å²) < 4.78 is 39.5. The van der Waals surface area contributed by atoms with Gasteiger partial charge in [-0.15, -0.1) is 10.2 Å². The normalized spacial score (nSPS) is 18.2. The number of rotatable bonds is 4. The number of piperidine rings is 1. The number of nitrogens with zero attached hydrogens (tertiary/aromatic N) is 4. The summed E-state index contributed by atoms with van der Waals surface area (Å²) in [5, 5.41) is 21.1. The number of hydrogen-bond donors (Lipinski definition) is 2. The first kappa shape index (κ1) is 20.1. The Morgan fingerprint density at radius 1 is 1.32 bits per heavy atom. The summed E-state index contributed by atoms with van der Waals surface area (Å²) in [6.45, 7) is 4.89. The van der Waals surface area contributed by atoms with E-state index >= 15 is 0 Å². The molecule has 1 unspecified atom stereocenters. The maximum Gasteiger partial charge on any atom is 0.416 e. The van der Waals surface area contributed by atoms with E-state index in [2.05, 4.69) is 27.3 Å². The summed E-state index contributed by atoms with van der Waals surface area (Å²) in [7, 11) is 1.50. The summed E-state index contributed by atoms with van der Waals surface area (Å²) in [5.74, 6) is -0.393. The second-order valence-corrected chi connectivity index (χ2v) is 6.84. The molecular weight excluding hydrogens is 375 g/mol. The molecule has 0 bridgehead atoms. The van der Waals surface area contributed by atoms with Crippen LogP contribution in [0.2, 0.25) is 0 Å². The van der Waals surface area contributed by atoms with Crippen molar-refractivity contribution in [2.45, 2.75) is 32.0 Å².